The molecule has 2 amide bonds. The first-order valence-corrected chi connectivity index (χ1v) is 11.8. The predicted molar refractivity (Wildman–Crippen MR) is 133 cm³/mol. The Labute approximate surface area is 204 Å². The Morgan fingerprint density at radius 3 is 2.51 bits per heavy atom. The van der Waals surface area contributed by atoms with E-state index in [1.807, 2.05) is 37.3 Å². The lowest BCUT2D eigenvalue weighted by molar-refractivity contribution is 0.199. The van der Waals surface area contributed by atoms with Gasteiger partial charge in [-0.05, 0) is 61.6 Å². The van der Waals surface area contributed by atoms with Crippen LogP contribution in [0.5, 0.6) is 0 Å². The van der Waals surface area contributed by atoms with Crippen molar-refractivity contribution in [3.05, 3.63) is 100 Å². The van der Waals surface area contributed by atoms with Crippen molar-refractivity contribution in [2.24, 2.45) is 0 Å². The minimum atomic E-state index is -0.426. The molecule has 0 fully saturated rings. The lowest BCUT2D eigenvalue weighted by Crippen LogP contribution is -2.45. The SMILES string of the molecule is CCc1ccc(-c2noc(C3=C(C)N(Cc4ccco4)C(=O)NC3c3ccc(C)c(C)c3)n2)cc1. The first-order valence-electron chi connectivity index (χ1n) is 11.8. The van der Waals surface area contributed by atoms with E-state index in [9.17, 15) is 4.79 Å². The second-order valence-electron chi connectivity index (χ2n) is 8.86. The van der Waals surface area contributed by atoms with Gasteiger partial charge in [-0.15, -0.1) is 0 Å². The van der Waals surface area contributed by atoms with E-state index in [2.05, 4.69) is 55.5 Å². The maximum absolute atomic E-state index is 13.2. The van der Waals surface area contributed by atoms with Gasteiger partial charge in [-0.1, -0.05) is 54.5 Å². The summed E-state index contributed by atoms with van der Waals surface area (Å²) in [6.45, 7) is 8.46. The summed E-state index contributed by atoms with van der Waals surface area (Å²) in [5.74, 6) is 1.58. The van der Waals surface area contributed by atoms with Gasteiger partial charge < -0.3 is 14.3 Å². The van der Waals surface area contributed by atoms with Gasteiger partial charge in [-0.2, -0.15) is 4.98 Å². The molecule has 1 unspecified atom stereocenters. The van der Waals surface area contributed by atoms with Crippen LogP contribution in [-0.2, 0) is 13.0 Å². The number of nitrogens with one attached hydrogen (secondary N) is 1. The number of hydrogen-bond acceptors (Lipinski definition) is 5. The number of urea groups is 1. The van der Waals surface area contributed by atoms with Gasteiger partial charge in [0.15, 0.2) is 0 Å². The average Bonchev–Trinajstić information content (AvgIpc) is 3.56. The van der Waals surface area contributed by atoms with Crippen LogP contribution in [0, 0.1) is 13.8 Å². The molecule has 1 aliphatic rings. The van der Waals surface area contributed by atoms with Gasteiger partial charge in [-0.3, -0.25) is 4.90 Å². The number of hydrogen-bond donors (Lipinski definition) is 1. The van der Waals surface area contributed by atoms with Crippen molar-refractivity contribution in [1.29, 1.82) is 0 Å². The molecule has 0 saturated carbocycles. The summed E-state index contributed by atoms with van der Waals surface area (Å²) in [6, 6.07) is 17.4. The summed E-state index contributed by atoms with van der Waals surface area (Å²) < 4.78 is 11.3. The van der Waals surface area contributed by atoms with Crippen molar-refractivity contribution >= 4 is 11.6 Å². The van der Waals surface area contributed by atoms with E-state index < -0.39 is 6.04 Å². The van der Waals surface area contributed by atoms with Crippen molar-refractivity contribution in [3.8, 4) is 11.4 Å². The monoisotopic (exact) mass is 468 g/mol. The summed E-state index contributed by atoms with van der Waals surface area (Å²) >= 11 is 0. The zero-order valence-corrected chi connectivity index (χ0v) is 20.3. The third kappa shape index (κ3) is 4.37. The Morgan fingerprint density at radius 2 is 1.83 bits per heavy atom. The van der Waals surface area contributed by atoms with Crippen molar-refractivity contribution in [2.75, 3.05) is 0 Å². The predicted octanol–water partition coefficient (Wildman–Crippen LogP) is 6.21. The van der Waals surface area contributed by atoms with Gasteiger partial charge in [0, 0.05) is 11.3 Å². The Hall–Kier alpha value is -4.13. The van der Waals surface area contributed by atoms with Crippen LogP contribution in [0.1, 0.15) is 53.8 Å². The summed E-state index contributed by atoms with van der Waals surface area (Å²) in [5.41, 5.74) is 6.93. The summed E-state index contributed by atoms with van der Waals surface area (Å²) in [7, 11) is 0. The van der Waals surface area contributed by atoms with E-state index in [-0.39, 0.29) is 6.03 Å². The van der Waals surface area contributed by atoms with Gasteiger partial charge in [0.2, 0.25) is 5.82 Å². The van der Waals surface area contributed by atoms with Crippen LogP contribution in [0.3, 0.4) is 0 Å². The highest BCUT2D eigenvalue weighted by Crippen LogP contribution is 2.38. The standard InChI is InChI=1S/C28H28N4O3/c1-5-20-9-12-21(13-10-20)26-30-27(35-31-26)24-19(4)32(16-23-7-6-14-34-23)28(33)29-25(24)22-11-8-17(2)18(3)15-22/h6-15,25H,5,16H2,1-4H3,(H,29,33). The number of benzene rings is 2. The van der Waals surface area contributed by atoms with E-state index in [1.165, 1.54) is 11.1 Å². The number of aromatic nitrogens is 2. The lowest BCUT2D eigenvalue weighted by Gasteiger charge is -2.34. The highest BCUT2D eigenvalue weighted by molar-refractivity contribution is 5.86. The minimum Gasteiger partial charge on any atom is -0.467 e. The summed E-state index contributed by atoms with van der Waals surface area (Å²) in [5, 5.41) is 7.41. The van der Waals surface area contributed by atoms with Gasteiger partial charge in [0.1, 0.15) is 5.76 Å². The van der Waals surface area contributed by atoms with Gasteiger partial charge >= 0.3 is 6.03 Å². The first kappa shape index (κ1) is 22.7. The molecule has 1 atom stereocenters. The number of aryl methyl sites for hydroxylation is 3. The van der Waals surface area contributed by atoms with E-state index in [4.69, 9.17) is 13.9 Å². The molecule has 0 aliphatic carbocycles. The van der Waals surface area contributed by atoms with Crippen molar-refractivity contribution in [3.63, 3.8) is 0 Å². The molecule has 7 nitrogen and oxygen atoms in total. The molecule has 2 aromatic heterocycles. The molecule has 5 rings (SSSR count). The quantitative estimate of drug-likeness (QED) is 0.364. The number of nitrogens with zero attached hydrogens (tertiary/aromatic N) is 3. The summed E-state index contributed by atoms with van der Waals surface area (Å²) in [6.07, 6.45) is 2.57. The molecule has 7 heteroatoms. The fourth-order valence-corrected chi connectivity index (χ4v) is 4.34. The molecule has 3 heterocycles. The van der Waals surface area contributed by atoms with Gasteiger partial charge in [0.25, 0.3) is 5.89 Å². The van der Waals surface area contributed by atoms with Crippen LogP contribution in [-0.4, -0.2) is 21.1 Å². The maximum atomic E-state index is 13.2. The van der Waals surface area contributed by atoms with Gasteiger partial charge in [-0.25, -0.2) is 4.79 Å². The molecule has 2 aromatic carbocycles. The van der Waals surface area contributed by atoms with Crippen LogP contribution >= 0.6 is 0 Å². The molecule has 0 spiro atoms. The molecule has 4 aromatic rings. The molecular weight excluding hydrogens is 440 g/mol. The molecule has 178 valence electrons. The lowest BCUT2D eigenvalue weighted by atomic mass is 9.92. The average molecular weight is 469 g/mol. The number of allylic oxidation sites excluding steroid dienone is 1. The fourth-order valence-electron chi connectivity index (χ4n) is 4.34. The zero-order valence-electron chi connectivity index (χ0n) is 20.3. The Kier molecular flexibility index (Phi) is 5.99. The topological polar surface area (TPSA) is 84.4 Å². The number of amides is 2. The molecule has 0 radical (unpaired) electrons. The molecule has 35 heavy (non-hydrogen) atoms. The Bertz CT molecular complexity index is 1380. The second-order valence-corrected chi connectivity index (χ2v) is 8.86. The number of furan rings is 1. The second kappa shape index (κ2) is 9.25. The van der Waals surface area contributed by atoms with E-state index in [0.717, 1.165) is 34.4 Å². The summed E-state index contributed by atoms with van der Waals surface area (Å²) in [4.78, 5) is 19.6. The van der Waals surface area contributed by atoms with Crippen molar-refractivity contribution in [2.45, 2.75) is 46.7 Å². The zero-order chi connectivity index (χ0) is 24.5. The van der Waals surface area contributed by atoms with E-state index in [1.54, 1.807) is 11.2 Å². The highest BCUT2D eigenvalue weighted by Gasteiger charge is 2.36. The largest absolute Gasteiger partial charge is 0.467 e. The maximum Gasteiger partial charge on any atom is 0.322 e. The van der Waals surface area contributed by atoms with Crippen LogP contribution in [0.25, 0.3) is 17.0 Å². The number of carbonyl (C=O) groups excluding carboxylic acids is 1. The van der Waals surface area contributed by atoms with Gasteiger partial charge in [0.05, 0.1) is 24.4 Å². The number of rotatable bonds is 6. The molecule has 0 saturated heterocycles. The molecule has 1 aliphatic heterocycles. The molecular formula is C28H28N4O3. The molecule has 1 N–H and O–H groups in total. The third-order valence-corrected chi connectivity index (χ3v) is 6.63. The Morgan fingerprint density at radius 1 is 1.03 bits per heavy atom. The fraction of sp³-hybridized carbons (Fsp3) is 0.250. The van der Waals surface area contributed by atoms with E-state index >= 15 is 0 Å². The normalized spacial score (nSPS) is 16.1. The van der Waals surface area contributed by atoms with Crippen molar-refractivity contribution in [1.82, 2.24) is 20.4 Å². The van der Waals surface area contributed by atoms with E-state index in [0.29, 0.717) is 24.0 Å². The Balaban J connectivity index is 1.59. The molecule has 0 bridgehead atoms. The smallest absolute Gasteiger partial charge is 0.322 e. The first-order chi connectivity index (χ1) is 16.9. The van der Waals surface area contributed by atoms with Crippen LogP contribution < -0.4 is 5.32 Å². The van der Waals surface area contributed by atoms with Crippen molar-refractivity contribution < 1.29 is 13.7 Å². The van der Waals surface area contributed by atoms with Crippen LogP contribution in [0.15, 0.2) is 75.5 Å². The number of carbonyl (C=O) groups is 1. The minimum absolute atomic E-state index is 0.208. The highest BCUT2D eigenvalue weighted by atomic mass is 16.5. The van der Waals surface area contributed by atoms with Crippen LogP contribution in [0.4, 0.5) is 4.79 Å². The van der Waals surface area contributed by atoms with Crippen LogP contribution in [0.2, 0.25) is 0 Å². The third-order valence-electron chi connectivity index (χ3n) is 6.63.